The number of benzene rings is 1. The van der Waals surface area contributed by atoms with Gasteiger partial charge in [0.1, 0.15) is 0 Å². The smallest absolute Gasteiger partial charge is 0.0897 e. The van der Waals surface area contributed by atoms with E-state index in [9.17, 15) is 0 Å². The van der Waals surface area contributed by atoms with Crippen LogP contribution < -0.4 is 5.32 Å². The molecule has 0 radical (unpaired) electrons. The second-order valence-corrected chi connectivity index (χ2v) is 6.01. The third-order valence-corrected chi connectivity index (χ3v) is 3.84. The van der Waals surface area contributed by atoms with Gasteiger partial charge >= 0.3 is 0 Å². The van der Waals surface area contributed by atoms with Gasteiger partial charge in [-0.05, 0) is 19.1 Å². The van der Waals surface area contributed by atoms with Gasteiger partial charge in [0, 0.05) is 16.1 Å². The average Bonchev–Trinajstić information content (AvgIpc) is 2.62. The maximum absolute atomic E-state index is 6.06. The van der Waals surface area contributed by atoms with E-state index in [0.29, 0.717) is 27.3 Å². The molecule has 1 aromatic heterocycles. The normalized spacial score (nSPS) is 10.6. The molecule has 0 fully saturated rings. The quantitative estimate of drug-likeness (QED) is 0.861. The minimum atomic E-state index is 0.517. The predicted octanol–water partition coefficient (Wildman–Crippen LogP) is 5.02. The predicted molar refractivity (Wildman–Crippen MR) is 75.6 cm³/mol. The Balaban J connectivity index is 2.14. The number of rotatable bonds is 3. The van der Waals surface area contributed by atoms with Crippen molar-refractivity contribution < 1.29 is 0 Å². The first-order chi connectivity index (χ1) is 8.06. The second kappa shape index (κ2) is 5.44. The van der Waals surface area contributed by atoms with Crippen LogP contribution in [0, 0.1) is 6.92 Å². The summed E-state index contributed by atoms with van der Waals surface area (Å²) in [6, 6.07) is 3.32. The lowest BCUT2D eigenvalue weighted by molar-refractivity contribution is 1.17. The van der Waals surface area contributed by atoms with Gasteiger partial charge in [-0.3, -0.25) is 0 Å². The zero-order valence-electron chi connectivity index (χ0n) is 8.93. The van der Waals surface area contributed by atoms with Gasteiger partial charge in [0.05, 0.1) is 27.3 Å². The Kier molecular flexibility index (Phi) is 4.15. The molecule has 2 rings (SSSR count). The van der Waals surface area contributed by atoms with Gasteiger partial charge in [-0.25, -0.2) is 4.98 Å². The third-order valence-electron chi connectivity index (χ3n) is 2.12. The summed E-state index contributed by atoms with van der Waals surface area (Å²) in [6.45, 7) is 2.61. The summed E-state index contributed by atoms with van der Waals surface area (Å²) in [5, 5.41) is 5.78. The summed E-state index contributed by atoms with van der Waals surface area (Å²) in [7, 11) is 0. The highest BCUT2D eigenvalue weighted by Gasteiger charge is 2.08. The number of anilines is 1. The van der Waals surface area contributed by atoms with E-state index < -0.39 is 0 Å². The first kappa shape index (κ1) is 13.0. The molecular formula is C11H9Cl3N2S. The summed E-state index contributed by atoms with van der Waals surface area (Å²) >= 11 is 19.6. The standard InChI is InChI=1S/C11H9Cl3N2S/c1-6-15-4-8(17-6)5-16-11-9(13)2-7(12)3-10(11)14/h2-4,16H,5H2,1H3. The third kappa shape index (κ3) is 3.26. The highest BCUT2D eigenvalue weighted by Crippen LogP contribution is 2.34. The van der Waals surface area contributed by atoms with Gasteiger partial charge in [-0.1, -0.05) is 34.8 Å². The van der Waals surface area contributed by atoms with Crippen molar-refractivity contribution in [2.24, 2.45) is 0 Å². The lowest BCUT2D eigenvalue weighted by Crippen LogP contribution is -1.98. The molecule has 1 N–H and O–H groups in total. The molecule has 0 saturated heterocycles. The molecule has 0 aliphatic heterocycles. The van der Waals surface area contributed by atoms with E-state index in [1.54, 1.807) is 23.5 Å². The summed E-state index contributed by atoms with van der Waals surface area (Å²) in [6.07, 6.45) is 1.84. The van der Waals surface area contributed by atoms with Crippen LogP contribution in [0.2, 0.25) is 15.1 Å². The fraction of sp³-hybridized carbons (Fsp3) is 0.182. The van der Waals surface area contributed by atoms with Crippen molar-refractivity contribution in [1.29, 1.82) is 0 Å². The topological polar surface area (TPSA) is 24.9 Å². The second-order valence-electron chi connectivity index (χ2n) is 3.44. The molecule has 0 bridgehead atoms. The van der Waals surface area contributed by atoms with E-state index in [4.69, 9.17) is 34.8 Å². The molecule has 1 heterocycles. The fourth-order valence-corrected chi connectivity index (χ4v) is 3.06. The van der Waals surface area contributed by atoms with E-state index in [0.717, 1.165) is 9.88 Å². The Morgan fingerprint density at radius 1 is 1.24 bits per heavy atom. The molecule has 0 atom stereocenters. The molecule has 6 heteroatoms. The van der Waals surface area contributed by atoms with Crippen molar-refractivity contribution in [3.8, 4) is 0 Å². The van der Waals surface area contributed by atoms with Crippen molar-refractivity contribution in [1.82, 2.24) is 4.98 Å². The monoisotopic (exact) mass is 306 g/mol. The lowest BCUT2D eigenvalue weighted by atomic mass is 10.3. The van der Waals surface area contributed by atoms with Crippen LogP contribution in [0.25, 0.3) is 0 Å². The molecule has 17 heavy (non-hydrogen) atoms. The zero-order chi connectivity index (χ0) is 12.4. The minimum Gasteiger partial charge on any atom is -0.378 e. The Bertz CT molecular complexity index is 516. The fourth-order valence-electron chi connectivity index (χ4n) is 1.37. The number of aryl methyl sites for hydroxylation is 1. The summed E-state index contributed by atoms with van der Waals surface area (Å²) < 4.78 is 0. The highest BCUT2D eigenvalue weighted by atomic mass is 35.5. The minimum absolute atomic E-state index is 0.517. The molecule has 2 aromatic rings. The van der Waals surface area contributed by atoms with Crippen LogP contribution in [-0.2, 0) is 6.54 Å². The van der Waals surface area contributed by atoms with E-state index >= 15 is 0 Å². The van der Waals surface area contributed by atoms with Gasteiger partial charge in [0.15, 0.2) is 0 Å². The summed E-state index contributed by atoms with van der Waals surface area (Å²) in [5.41, 5.74) is 0.698. The number of nitrogens with one attached hydrogen (secondary N) is 1. The SMILES string of the molecule is Cc1ncc(CNc2c(Cl)cc(Cl)cc2Cl)s1. The van der Waals surface area contributed by atoms with Crippen LogP contribution in [0.4, 0.5) is 5.69 Å². The lowest BCUT2D eigenvalue weighted by Gasteiger charge is -2.09. The van der Waals surface area contributed by atoms with E-state index in [1.807, 2.05) is 13.1 Å². The molecule has 0 unspecified atom stereocenters. The van der Waals surface area contributed by atoms with Crippen molar-refractivity contribution >= 4 is 51.8 Å². The first-order valence-corrected chi connectivity index (χ1v) is 6.81. The van der Waals surface area contributed by atoms with Gasteiger partial charge < -0.3 is 5.32 Å². The molecule has 90 valence electrons. The number of nitrogens with zero attached hydrogens (tertiary/aromatic N) is 1. The average molecular weight is 308 g/mol. The zero-order valence-corrected chi connectivity index (χ0v) is 12.0. The van der Waals surface area contributed by atoms with Gasteiger partial charge in [-0.2, -0.15) is 0 Å². The number of thiazole rings is 1. The van der Waals surface area contributed by atoms with Crippen molar-refractivity contribution in [3.05, 3.63) is 43.3 Å². The maximum atomic E-state index is 6.06. The van der Waals surface area contributed by atoms with Crippen LogP contribution in [0.15, 0.2) is 18.3 Å². The van der Waals surface area contributed by atoms with Crippen LogP contribution in [0.3, 0.4) is 0 Å². The number of hydrogen-bond donors (Lipinski definition) is 1. The Morgan fingerprint density at radius 2 is 1.88 bits per heavy atom. The summed E-state index contributed by atoms with van der Waals surface area (Å²) in [4.78, 5) is 5.31. The molecule has 0 spiro atoms. The van der Waals surface area contributed by atoms with Crippen LogP contribution in [0.1, 0.15) is 9.88 Å². The highest BCUT2D eigenvalue weighted by molar-refractivity contribution is 7.11. The maximum Gasteiger partial charge on any atom is 0.0897 e. The number of halogens is 3. The largest absolute Gasteiger partial charge is 0.378 e. The molecule has 1 aromatic carbocycles. The van der Waals surface area contributed by atoms with Crippen molar-refractivity contribution in [2.75, 3.05) is 5.32 Å². The molecule has 0 saturated carbocycles. The Morgan fingerprint density at radius 3 is 2.41 bits per heavy atom. The van der Waals surface area contributed by atoms with E-state index in [1.165, 1.54) is 0 Å². The molecule has 0 amide bonds. The number of aromatic nitrogens is 1. The van der Waals surface area contributed by atoms with Crippen LogP contribution >= 0.6 is 46.1 Å². The van der Waals surface area contributed by atoms with Gasteiger partial charge in [-0.15, -0.1) is 11.3 Å². The van der Waals surface area contributed by atoms with Crippen LogP contribution in [0.5, 0.6) is 0 Å². The molecule has 0 aliphatic carbocycles. The summed E-state index contributed by atoms with van der Waals surface area (Å²) in [5.74, 6) is 0. The van der Waals surface area contributed by atoms with Gasteiger partial charge in [0.25, 0.3) is 0 Å². The first-order valence-electron chi connectivity index (χ1n) is 4.86. The number of hydrogen-bond acceptors (Lipinski definition) is 3. The molecular weight excluding hydrogens is 299 g/mol. The van der Waals surface area contributed by atoms with Crippen molar-refractivity contribution in [2.45, 2.75) is 13.5 Å². The molecule has 0 aliphatic rings. The van der Waals surface area contributed by atoms with E-state index in [2.05, 4.69) is 10.3 Å². The Hall–Kier alpha value is -0.480. The van der Waals surface area contributed by atoms with Gasteiger partial charge in [0.2, 0.25) is 0 Å². The molecule has 2 nitrogen and oxygen atoms in total. The van der Waals surface area contributed by atoms with E-state index in [-0.39, 0.29) is 0 Å². The Labute approximate surface area is 119 Å². The van der Waals surface area contributed by atoms with Crippen LogP contribution in [-0.4, -0.2) is 4.98 Å². The van der Waals surface area contributed by atoms with Crippen molar-refractivity contribution in [3.63, 3.8) is 0 Å².